The second-order valence-corrected chi connectivity index (χ2v) is 9.29. The fourth-order valence-electron chi connectivity index (χ4n) is 5.06. The largest absolute Gasteiger partial charge is 0.358 e. The lowest BCUT2D eigenvalue weighted by molar-refractivity contribution is -0.126. The van der Waals surface area contributed by atoms with Crippen molar-refractivity contribution in [2.75, 3.05) is 9.96 Å². The number of halogens is 2. The van der Waals surface area contributed by atoms with Gasteiger partial charge in [-0.3, -0.25) is 14.4 Å². The fourth-order valence-corrected chi connectivity index (χ4v) is 5.36. The maximum atomic E-state index is 13.8. The van der Waals surface area contributed by atoms with Crippen molar-refractivity contribution in [1.29, 1.82) is 0 Å². The van der Waals surface area contributed by atoms with E-state index in [1.807, 2.05) is 61.5 Å². The van der Waals surface area contributed by atoms with Crippen molar-refractivity contribution in [2.24, 2.45) is 5.92 Å². The first-order valence-electron chi connectivity index (χ1n) is 10.9. The van der Waals surface area contributed by atoms with E-state index < -0.39 is 24.0 Å². The number of nitrogens with one attached hydrogen (secondary N) is 1. The van der Waals surface area contributed by atoms with E-state index >= 15 is 0 Å². The van der Waals surface area contributed by atoms with Crippen LogP contribution in [-0.2, 0) is 14.4 Å². The molecule has 6 rings (SSSR count). The summed E-state index contributed by atoms with van der Waals surface area (Å²) < 4.78 is 0. The van der Waals surface area contributed by atoms with Crippen molar-refractivity contribution in [3.05, 3.63) is 94.1 Å². The molecule has 2 aliphatic rings. The second-order valence-electron chi connectivity index (χ2n) is 8.48. The second kappa shape index (κ2) is 7.87. The average Bonchev–Trinajstić information content (AvgIpc) is 3.45. The summed E-state index contributed by atoms with van der Waals surface area (Å²) in [5.41, 5.74) is 3.97. The minimum atomic E-state index is -0.958. The van der Waals surface area contributed by atoms with E-state index in [9.17, 15) is 9.59 Å². The van der Waals surface area contributed by atoms with E-state index in [2.05, 4.69) is 4.98 Å². The molecule has 2 fully saturated rings. The molecule has 8 heteroatoms. The molecule has 2 aliphatic heterocycles. The number of carbonyl (C=O) groups is 2. The van der Waals surface area contributed by atoms with Crippen molar-refractivity contribution < 1.29 is 14.4 Å². The molecule has 0 radical (unpaired) electrons. The summed E-state index contributed by atoms with van der Waals surface area (Å²) >= 11 is 12.2. The Hall–Kier alpha value is -3.32. The molecule has 170 valence electrons. The summed E-state index contributed by atoms with van der Waals surface area (Å²) in [6.07, 6.45) is -0.958. The molecule has 0 saturated carbocycles. The molecular weight excluding hydrogens is 473 g/mol. The summed E-state index contributed by atoms with van der Waals surface area (Å²) in [6.45, 7) is 1.98. The molecular formula is C26H19Cl2N3O3. The third kappa shape index (κ3) is 3.06. The minimum Gasteiger partial charge on any atom is -0.358 e. The number of fused-ring (bicyclic) bond motifs is 2. The van der Waals surface area contributed by atoms with Crippen LogP contribution in [0, 0.1) is 12.8 Å². The number of hydrogen-bond donors (Lipinski definition) is 1. The Bertz CT molecular complexity index is 1450. The van der Waals surface area contributed by atoms with Crippen LogP contribution in [0.15, 0.2) is 72.8 Å². The maximum absolute atomic E-state index is 13.8. The highest BCUT2D eigenvalue weighted by Gasteiger charge is 2.61. The van der Waals surface area contributed by atoms with Gasteiger partial charge < -0.3 is 4.98 Å². The number of amides is 2. The predicted molar refractivity (Wildman–Crippen MR) is 132 cm³/mol. The average molecular weight is 492 g/mol. The van der Waals surface area contributed by atoms with Gasteiger partial charge in [0.25, 0.3) is 5.91 Å². The Morgan fingerprint density at radius 3 is 2.35 bits per heavy atom. The zero-order chi connectivity index (χ0) is 23.6. The Kier molecular flexibility index (Phi) is 4.92. The topological polar surface area (TPSA) is 65.6 Å². The van der Waals surface area contributed by atoms with Crippen LogP contribution < -0.4 is 9.96 Å². The number of imide groups is 1. The van der Waals surface area contributed by atoms with E-state index in [0.29, 0.717) is 10.7 Å². The van der Waals surface area contributed by atoms with Gasteiger partial charge in [-0.2, -0.15) is 0 Å². The number of aryl methyl sites for hydroxylation is 1. The molecule has 1 N–H and O–H groups in total. The van der Waals surface area contributed by atoms with Crippen LogP contribution in [0.25, 0.3) is 10.9 Å². The highest BCUT2D eigenvalue weighted by molar-refractivity contribution is 6.42. The van der Waals surface area contributed by atoms with Gasteiger partial charge in [-0.15, -0.1) is 0 Å². The van der Waals surface area contributed by atoms with Crippen molar-refractivity contribution in [3.8, 4) is 0 Å². The van der Waals surface area contributed by atoms with Crippen molar-refractivity contribution in [1.82, 2.24) is 4.98 Å². The monoisotopic (exact) mass is 491 g/mol. The van der Waals surface area contributed by atoms with Crippen LogP contribution in [0.5, 0.6) is 0 Å². The van der Waals surface area contributed by atoms with Gasteiger partial charge in [-0.25, -0.2) is 9.96 Å². The molecule has 0 bridgehead atoms. The molecule has 3 aromatic carbocycles. The molecule has 0 spiro atoms. The molecule has 34 heavy (non-hydrogen) atoms. The van der Waals surface area contributed by atoms with Crippen molar-refractivity contribution in [3.63, 3.8) is 0 Å². The summed E-state index contributed by atoms with van der Waals surface area (Å²) in [5, 5.41) is 3.32. The van der Waals surface area contributed by atoms with Crippen LogP contribution >= 0.6 is 23.2 Å². The van der Waals surface area contributed by atoms with Gasteiger partial charge in [0.15, 0.2) is 6.10 Å². The van der Waals surface area contributed by atoms with Gasteiger partial charge in [0, 0.05) is 22.2 Å². The van der Waals surface area contributed by atoms with Crippen LogP contribution in [0.1, 0.15) is 17.3 Å². The first kappa shape index (κ1) is 21.2. The van der Waals surface area contributed by atoms with E-state index in [1.165, 1.54) is 6.07 Å². The standard InChI is InChI=1S/C26H19Cl2N3O3/c1-14-21(17-9-5-6-10-20(17)29-14)23-22-24(34-31(23)15-7-3-2-4-8-15)26(33)30(25(22)32)16-11-12-18(27)19(28)13-16/h2-13,22-24,29H,1H3/t22-,23-,24-/m0/s1. The number of hydroxylamine groups is 1. The van der Waals surface area contributed by atoms with E-state index in [4.69, 9.17) is 28.0 Å². The molecule has 4 aromatic rings. The van der Waals surface area contributed by atoms with Gasteiger partial charge in [-0.05, 0) is 43.3 Å². The zero-order valence-electron chi connectivity index (χ0n) is 18.0. The van der Waals surface area contributed by atoms with Crippen LogP contribution in [0.4, 0.5) is 11.4 Å². The lowest BCUT2D eigenvalue weighted by Gasteiger charge is -2.29. The minimum absolute atomic E-state index is 0.271. The van der Waals surface area contributed by atoms with Gasteiger partial charge >= 0.3 is 0 Å². The lowest BCUT2D eigenvalue weighted by Crippen LogP contribution is -2.37. The van der Waals surface area contributed by atoms with Gasteiger partial charge in [0.05, 0.1) is 27.5 Å². The third-order valence-electron chi connectivity index (χ3n) is 6.53. The highest BCUT2D eigenvalue weighted by atomic mass is 35.5. The number of anilines is 2. The number of para-hydroxylation sites is 2. The number of benzene rings is 3. The lowest BCUT2D eigenvalue weighted by atomic mass is 9.89. The molecule has 3 atom stereocenters. The Morgan fingerprint density at radius 2 is 1.59 bits per heavy atom. The number of H-pyrrole nitrogens is 1. The number of hydrogen-bond acceptors (Lipinski definition) is 4. The summed E-state index contributed by atoms with van der Waals surface area (Å²) in [6, 6.07) is 21.7. The smallest absolute Gasteiger partial charge is 0.266 e. The summed E-state index contributed by atoms with van der Waals surface area (Å²) in [4.78, 5) is 38.2. The number of rotatable bonds is 3. The molecule has 0 aliphatic carbocycles. The quantitative estimate of drug-likeness (QED) is 0.366. The van der Waals surface area contributed by atoms with Crippen LogP contribution in [-0.4, -0.2) is 22.9 Å². The number of nitrogens with zero attached hydrogens (tertiary/aromatic N) is 2. The number of carbonyl (C=O) groups excluding carboxylic acids is 2. The van der Waals surface area contributed by atoms with Crippen molar-refractivity contribution >= 4 is 57.3 Å². The molecule has 1 aromatic heterocycles. The van der Waals surface area contributed by atoms with Crippen molar-refractivity contribution in [2.45, 2.75) is 19.1 Å². The molecule has 6 nitrogen and oxygen atoms in total. The zero-order valence-corrected chi connectivity index (χ0v) is 19.5. The Morgan fingerprint density at radius 1 is 0.853 bits per heavy atom. The molecule has 0 unspecified atom stereocenters. The van der Waals surface area contributed by atoms with E-state index in [0.717, 1.165) is 32.7 Å². The first-order chi connectivity index (χ1) is 16.5. The molecule has 2 amide bonds. The Labute approximate surface area is 205 Å². The summed E-state index contributed by atoms with van der Waals surface area (Å²) in [5.74, 6) is -1.49. The normalized spacial score (nSPS) is 22.1. The van der Waals surface area contributed by atoms with Gasteiger partial charge in [-0.1, -0.05) is 59.6 Å². The van der Waals surface area contributed by atoms with Gasteiger partial charge in [0.2, 0.25) is 5.91 Å². The van der Waals surface area contributed by atoms with E-state index in [-0.39, 0.29) is 10.9 Å². The predicted octanol–water partition coefficient (Wildman–Crippen LogP) is 5.83. The first-order valence-corrected chi connectivity index (χ1v) is 11.6. The maximum Gasteiger partial charge on any atom is 0.266 e. The third-order valence-corrected chi connectivity index (χ3v) is 7.27. The van der Waals surface area contributed by atoms with Crippen LogP contribution in [0.3, 0.4) is 0 Å². The highest BCUT2D eigenvalue weighted by Crippen LogP contribution is 2.50. The molecule has 2 saturated heterocycles. The SMILES string of the molecule is Cc1[nH]c2ccccc2c1[C@H]1[C@@H]2C(=O)N(c3ccc(Cl)c(Cl)c3)C(=O)[C@H]2ON1c1ccccc1. The van der Waals surface area contributed by atoms with Crippen LogP contribution in [0.2, 0.25) is 10.0 Å². The Balaban J connectivity index is 1.51. The molecule has 3 heterocycles. The fraction of sp³-hybridized carbons (Fsp3) is 0.154. The number of aromatic amines is 1. The summed E-state index contributed by atoms with van der Waals surface area (Å²) in [7, 11) is 0. The van der Waals surface area contributed by atoms with Gasteiger partial charge in [0.1, 0.15) is 5.92 Å². The van der Waals surface area contributed by atoms with E-state index in [1.54, 1.807) is 17.2 Å². The number of aromatic nitrogens is 1.